The molecule has 0 aliphatic heterocycles. The quantitative estimate of drug-likeness (QED) is 0.467. The summed E-state index contributed by atoms with van der Waals surface area (Å²) in [5.74, 6) is 0. The topological polar surface area (TPSA) is 33.7 Å². The third-order valence-corrected chi connectivity index (χ3v) is 0.493. The van der Waals surface area contributed by atoms with Gasteiger partial charge in [0.05, 0.1) is 13.5 Å². The summed E-state index contributed by atoms with van der Waals surface area (Å²) in [5, 5.41) is 2.84. The Hall–Kier alpha value is -0.160. The Labute approximate surface area is 69.5 Å². The third-order valence-electron chi connectivity index (χ3n) is 0.493. The number of rotatable bonds is 4. The number of ether oxygens (including phenoxy) is 2. The normalized spacial score (nSPS) is 9.27. The van der Waals surface area contributed by atoms with Crippen molar-refractivity contribution in [2.75, 3.05) is 48.8 Å². The number of hydrogen-bond donors (Lipinski definition) is 1. The van der Waals surface area contributed by atoms with Crippen molar-refractivity contribution in [1.29, 1.82) is 0 Å². The van der Waals surface area contributed by atoms with Crippen molar-refractivity contribution in [3.63, 3.8) is 0 Å². The molecule has 0 spiro atoms. The molecule has 4 nitrogen and oxygen atoms in total. The van der Waals surface area contributed by atoms with Gasteiger partial charge in [-0.2, -0.15) is 0 Å². The van der Waals surface area contributed by atoms with E-state index in [4.69, 9.17) is 0 Å². The lowest BCUT2D eigenvalue weighted by molar-refractivity contribution is 0.110. The zero-order chi connectivity index (χ0) is 9.11. The molecule has 70 valence electrons. The number of hydrogen-bond acceptors (Lipinski definition) is 4. The second kappa shape index (κ2) is 12.5. The molecular weight excluding hydrogens is 144 g/mol. The fourth-order valence-corrected chi connectivity index (χ4v) is 0.246. The van der Waals surface area contributed by atoms with Crippen molar-refractivity contribution in [1.82, 2.24) is 10.2 Å². The average molecular weight is 164 g/mol. The molecule has 0 aliphatic rings. The van der Waals surface area contributed by atoms with Gasteiger partial charge >= 0.3 is 0 Å². The molecule has 0 aromatic heterocycles. The minimum Gasteiger partial charge on any atom is -0.369 e. The van der Waals surface area contributed by atoms with Gasteiger partial charge < -0.3 is 14.4 Å². The summed E-state index contributed by atoms with van der Waals surface area (Å²) >= 11 is 0. The van der Waals surface area contributed by atoms with E-state index in [0.717, 1.165) is 0 Å². The predicted molar refractivity (Wildman–Crippen MR) is 46.5 cm³/mol. The Bertz CT molecular complexity index is 53.6. The van der Waals surface area contributed by atoms with Crippen LogP contribution >= 0.6 is 0 Å². The summed E-state index contributed by atoms with van der Waals surface area (Å²) in [7, 11) is 9.26. The zero-order valence-corrected chi connectivity index (χ0v) is 8.18. The summed E-state index contributed by atoms with van der Waals surface area (Å²) in [4.78, 5) is 2.00. The van der Waals surface area contributed by atoms with E-state index >= 15 is 0 Å². The van der Waals surface area contributed by atoms with Crippen molar-refractivity contribution in [2.45, 2.75) is 0 Å². The van der Waals surface area contributed by atoms with E-state index < -0.39 is 0 Å². The molecule has 0 unspecified atom stereocenters. The molecule has 0 radical (unpaired) electrons. The first-order valence-corrected chi connectivity index (χ1v) is 3.44. The van der Waals surface area contributed by atoms with Crippen LogP contribution in [0.3, 0.4) is 0 Å². The average Bonchev–Trinajstić information content (AvgIpc) is 1.88. The standard InChI is InChI=1S/C4H11NO2.C3H9N/c1-6-3-5-4-7-2;1-4(2)3/h5H,3-4H2,1-2H3;1-3H3. The second-order valence-corrected chi connectivity index (χ2v) is 2.46. The van der Waals surface area contributed by atoms with Crippen LogP contribution in [0.1, 0.15) is 0 Å². The SMILES string of the molecule is CN(C)C.COCNCOC. The van der Waals surface area contributed by atoms with Crippen LogP contribution in [0, 0.1) is 0 Å². The molecule has 0 saturated carbocycles. The van der Waals surface area contributed by atoms with Gasteiger partial charge in [0, 0.05) is 14.2 Å². The van der Waals surface area contributed by atoms with Crippen LogP contribution in [0.25, 0.3) is 0 Å². The molecule has 0 aromatic rings. The molecule has 11 heavy (non-hydrogen) atoms. The van der Waals surface area contributed by atoms with Gasteiger partial charge in [0.2, 0.25) is 0 Å². The van der Waals surface area contributed by atoms with Gasteiger partial charge in [0.1, 0.15) is 0 Å². The molecule has 0 aromatic carbocycles. The first kappa shape index (κ1) is 13.4. The maximum Gasteiger partial charge on any atom is 0.0978 e. The van der Waals surface area contributed by atoms with Crippen molar-refractivity contribution >= 4 is 0 Å². The summed E-state index contributed by atoms with van der Waals surface area (Å²) in [6.07, 6.45) is 0. The largest absolute Gasteiger partial charge is 0.369 e. The van der Waals surface area contributed by atoms with E-state index in [0.29, 0.717) is 13.5 Å². The van der Waals surface area contributed by atoms with Gasteiger partial charge in [-0.15, -0.1) is 0 Å². The van der Waals surface area contributed by atoms with E-state index in [-0.39, 0.29) is 0 Å². The lowest BCUT2D eigenvalue weighted by Crippen LogP contribution is -2.18. The van der Waals surface area contributed by atoms with Crippen molar-refractivity contribution in [3.05, 3.63) is 0 Å². The maximum absolute atomic E-state index is 4.65. The van der Waals surface area contributed by atoms with Gasteiger partial charge in [-0.25, -0.2) is 0 Å². The van der Waals surface area contributed by atoms with Gasteiger partial charge in [-0.05, 0) is 21.1 Å². The minimum atomic E-state index is 0.549. The molecule has 0 fully saturated rings. The summed E-state index contributed by atoms with van der Waals surface area (Å²) in [5.41, 5.74) is 0. The third kappa shape index (κ3) is 41.0. The Kier molecular flexibility index (Phi) is 15.3. The Balaban J connectivity index is 0. The molecular formula is C7H20N2O2. The molecule has 0 bridgehead atoms. The van der Waals surface area contributed by atoms with Crippen LogP contribution in [-0.2, 0) is 9.47 Å². The number of nitrogens with one attached hydrogen (secondary N) is 1. The van der Waals surface area contributed by atoms with Crippen LogP contribution in [-0.4, -0.2) is 53.7 Å². The fourth-order valence-electron chi connectivity index (χ4n) is 0.246. The Morgan fingerprint density at radius 3 is 1.45 bits per heavy atom. The summed E-state index contributed by atoms with van der Waals surface area (Å²) in [6, 6.07) is 0. The maximum atomic E-state index is 4.65. The molecule has 1 N–H and O–H groups in total. The molecule has 0 aliphatic carbocycles. The number of methoxy groups -OCH3 is 2. The predicted octanol–water partition coefficient (Wildman–Crippen LogP) is -0.0384. The molecule has 0 rings (SSSR count). The molecule has 0 heterocycles. The monoisotopic (exact) mass is 164 g/mol. The lowest BCUT2D eigenvalue weighted by Gasteiger charge is -1.98. The molecule has 4 heteroatoms. The van der Waals surface area contributed by atoms with Crippen LogP contribution in [0.2, 0.25) is 0 Å². The van der Waals surface area contributed by atoms with Gasteiger partial charge in [0.15, 0.2) is 0 Å². The molecule has 0 saturated heterocycles. The second-order valence-electron chi connectivity index (χ2n) is 2.46. The highest BCUT2D eigenvalue weighted by Gasteiger charge is 1.75. The van der Waals surface area contributed by atoms with E-state index in [1.54, 1.807) is 14.2 Å². The van der Waals surface area contributed by atoms with Gasteiger partial charge in [-0.1, -0.05) is 0 Å². The van der Waals surface area contributed by atoms with Crippen LogP contribution in [0.4, 0.5) is 0 Å². The summed E-state index contributed by atoms with van der Waals surface area (Å²) < 4.78 is 9.31. The van der Waals surface area contributed by atoms with Crippen LogP contribution in [0.5, 0.6) is 0 Å². The highest BCUT2D eigenvalue weighted by molar-refractivity contribution is 4.18. The van der Waals surface area contributed by atoms with Crippen molar-refractivity contribution in [3.8, 4) is 0 Å². The Morgan fingerprint density at radius 1 is 1.00 bits per heavy atom. The van der Waals surface area contributed by atoms with Crippen LogP contribution < -0.4 is 5.32 Å². The van der Waals surface area contributed by atoms with E-state index in [2.05, 4.69) is 14.8 Å². The highest BCUT2D eigenvalue weighted by Crippen LogP contribution is 1.59. The first-order chi connectivity index (χ1) is 5.15. The Morgan fingerprint density at radius 2 is 1.27 bits per heavy atom. The first-order valence-electron chi connectivity index (χ1n) is 3.44. The van der Waals surface area contributed by atoms with Gasteiger partial charge in [0.25, 0.3) is 0 Å². The number of nitrogens with zero attached hydrogens (tertiary/aromatic N) is 1. The minimum absolute atomic E-state index is 0.549. The van der Waals surface area contributed by atoms with Crippen molar-refractivity contribution < 1.29 is 9.47 Å². The highest BCUT2D eigenvalue weighted by atomic mass is 16.5. The zero-order valence-electron chi connectivity index (χ0n) is 8.18. The van der Waals surface area contributed by atoms with Crippen molar-refractivity contribution in [2.24, 2.45) is 0 Å². The lowest BCUT2D eigenvalue weighted by atomic mass is 11.0. The molecule has 0 amide bonds. The summed E-state index contributed by atoms with van der Waals surface area (Å²) in [6.45, 7) is 1.10. The fraction of sp³-hybridized carbons (Fsp3) is 1.00. The van der Waals surface area contributed by atoms with E-state index in [9.17, 15) is 0 Å². The van der Waals surface area contributed by atoms with E-state index in [1.165, 1.54) is 0 Å². The van der Waals surface area contributed by atoms with E-state index in [1.807, 2.05) is 26.0 Å². The molecule has 0 atom stereocenters. The van der Waals surface area contributed by atoms with Gasteiger partial charge in [-0.3, -0.25) is 5.32 Å². The van der Waals surface area contributed by atoms with Crippen LogP contribution in [0.15, 0.2) is 0 Å². The smallest absolute Gasteiger partial charge is 0.0978 e.